The second-order valence-electron chi connectivity index (χ2n) is 13.8. The first kappa shape index (κ1) is 40.6. The van der Waals surface area contributed by atoms with Crippen LogP contribution in [-0.2, 0) is 41.6 Å². The molecule has 0 bridgehead atoms. The molecule has 15 nitrogen and oxygen atoms in total. The molecule has 9 N–H and O–H groups in total. The van der Waals surface area contributed by atoms with E-state index in [4.69, 9.17) is 5.73 Å². The topological polar surface area (TPSA) is 229 Å². The fraction of sp³-hybridized carbons (Fsp3) is 0.583. The second-order valence-corrected chi connectivity index (χ2v) is 13.8. The SMILES string of the molecule is CC[C@@H](C)[C@@H](NC(=O)[C@@H](C)NC(=O)[C@H](Cc1cnc[nH]1)NC(=O)[C@H](CC(C)C)NC(=O)[C@H](N)Cc1ccccc1)C(=O)N[C@H]1CCCCNC1=O. The number of nitrogens with one attached hydrogen (secondary N) is 7. The van der Waals surface area contributed by atoms with Crippen LogP contribution in [0.1, 0.15) is 78.0 Å². The Morgan fingerprint density at radius 2 is 1.55 bits per heavy atom. The molecule has 1 aliphatic rings. The smallest absolute Gasteiger partial charge is 0.243 e. The predicted molar refractivity (Wildman–Crippen MR) is 192 cm³/mol. The lowest BCUT2D eigenvalue weighted by atomic mass is 9.97. The molecule has 1 aromatic carbocycles. The highest BCUT2D eigenvalue weighted by Crippen LogP contribution is 2.12. The summed E-state index contributed by atoms with van der Waals surface area (Å²) in [5.74, 6) is -3.35. The molecule has 2 heterocycles. The minimum Gasteiger partial charge on any atom is -0.354 e. The fourth-order valence-corrected chi connectivity index (χ4v) is 5.74. The molecule has 6 amide bonds. The third-order valence-electron chi connectivity index (χ3n) is 8.98. The van der Waals surface area contributed by atoms with Crippen LogP contribution >= 0.6 is 0 Å². The number of rotatable bonds is 18. The zero-order chi connectivity index (χ0) is 37.5. The van der Waals surface area contributed by atoms with E-state index in [1.165, 1.54) is 19.4 Å². The molecule has 0 radical (unpaired) electrons. The van der Waals surface area contributed by atoms with E-state index >= 15 is 0 Å². The highest BCUT2D eigenvalue weighted by atomic mass is 16.2. The van der Waals surface area contributed by atoms with Gasteiger partial charge < -0.3 is 42.6 Å². The molecule has 280 valence electrons. The Morgan fingerprint density at radius 1 is 0.863 bits per heavy atom. The highest BCUT2D eigenvalue weighted by Gasteiger charge is 2.34. The number of hydrogen-bond donors (Lipinski definition) is 8. The van der Waals surface area contributed by atoms with E-state index in [-0.39, 0.29) is 37.0 Å². The molecule has 0 spiro atoms. The average molecular weight is 710 g/mol. The van der Waals surface area contributed by atoms with Crippen molar-refractivity contribution in [2.45, 2.75) is 116 Å². The monoisotopic (exact) mass is 709 g/mol. The summed E-state index contributed by atoms with van der Waals surface area (Å²) in [4.78, 5) is 86.5. The molecule has 0 saturated carbocycles. The van der Waals surface area contributed by atoms with Gasteiger partial charge in [0.1, 0.15) is 30.2 Å². The van der Waals surface area contributed by atoms with Crippen LogP contribution in [-0.4, -0.2) is 88.2 Å². The maximum atomic E-state index is 13.7. The van der Waals surface area contributed by atoms with Crippen LogP contribution < -0.4 is 37.6 Å². The Morgan fingerprint density at radius 3 is 2.20 bits per heavy atom. The molecule has 1 fully saturated rings. The molecule has 0 unspecified atom stereocenters. The second kappa shape index (κ2) is 20.2. The number of H-pyrrole nitrogens is 1. The molecular formula is C36H55N9O6. The third kappa shape index (κ3) is 13.1. The summed E-state index contributed by atoms with van der Waals surface area (Å²) >= 11 is 0. The molecule has 3 rings (SSSR count). The molecule has 0 aliphatic carbocycles. The maximum Gasteiger partial charge on any atom is 0.243 e. The lowest BCUT2D eigenvalue weighted by Gasteiger charge is -2.28. The molecule has 2 aromatic rings. The van der Waals surface area contributed by atoms with E-state index in [1.54, 1.807) is 0 Å². The van der Waals surface area contributed by atoms with Crippen molar-refractivity contribution >= 4 is 35.4 Å². The van der Waals surface area contributed by atoms with Gasteiger partial charge in [-0.15, -0.1) is 0 Å². The number of aromatic amines is 1. The van der Waals surface area contributed by atoms with Crippen molar-refractivity contribution in [3.05, 3.63) is 54.1 Å². The maximum absolute atomic E-state index is 13.7. The highest BCUT2D eigenvalue weighted by molar-refractivity contribution is 5.96. The van der Waals surface area contributed by atoms with E-state index in [9.17, 15) is 28.8 Å². The Balaban J connectivity index is 1.70. The number of aromatic nitrogens is 2. The normalized spacial score (nSPS) is 18.1. The molecule has 1 saturated heterocycles. The average Bonchev–Trinajstić information content (AvgIpc) is 3.53. The van der Waals surface area contributed by atoms with Gasteiger partial charge in [-0.2, -0.15) is 0 Å². The van der Waals surface area contributed by atoms with Crippen molar-refractivity contribution in [2.75, 3.05) is 6.54 Å². The van der Waals surface area contributed by atoms with Gasteiger partial charge in [-0.25, -0.2) is 4.98 Å². The minimum absolute atomic E-state index is 0.0163. The standard InChI is InChI=1S/C36H55N9O6/c1-6-22(4)30(36(51)42-27-14-10-11-15-39-33(27)48)45-31(46)23(5)41-34(49)29(18-25-19-38-20-40-25)44-35(50)28(16-21(2)3)43-32(47)26(37)17-24-12-8-7-9-13-24/h7-9,12-13,19-23,26-30H,6,10-11,14-18,37H2,1-5H3,(H,38,40)(H,39,48)(H,41,49)(H,42,51)(H,43,47)(H,44,50)(H,45,46)/t22-,23-,26-,27+,28+,29+,30-/m1/s1. The van der Waals surface area contributed by atoms with Crippen LogP contribution in [0.3, 0.4) is 0 Å². The van der Waals surface area contributed by atoms with E-state index < -0.39 is 65.8 Å². The van der Waals surface area contributed by atoms with E-state index in [0.29, 0.717) is 25.1 Å². The molecule has 7 atom stereocenters. The number of carbonyl (C=O) groups is 6. The van der Waals surface area contributed by atoms with Crippen LogP contribution in [0.5, 0.6) is 0 Å². The van der Waals surface area contributed by atoms with Gasteiger partial charge in [0.15, 0.2) is 0 Å². The lowest BCUT2D eigenvalue weighted by Crippen LogP contribution is -2.60. The number of nitrogens with two attached hydrogens (primary N) is 1. The largest absolute Gasteiger partial charge is 0.354 e. The molecule has 51 heavy (non-hydrogen) atoms. The molecule has 1 aliphatic heterocycles. The van der Waals surface area contributed by atoms with Crippen LogP contribution in [0.15, 0.2) is 42.9 Å². The number of amides is 6. The van der Waals surface area contributed by atoms with Crippen molar-refractivity contribution in [3.8, 4) is 0 Å². The molecule has 1 aromatic heterocycles. The van der Waals surface area contributed by atoms with Crippen molar-refractivity contribution in [2.24, 2.45) is 17.6 Å². The van der Waals surface area contributed by atoms with Gasteiger partial charge >= 0.3 is 0 Å². The van der Waals surface area contributed by atoms with Crippen LogP contribution in [0.4, 0.5) is 0 Å². The van der Waals surface area contributed by atoms with Crippen molar-refractivity contribution in [1.82, 2.24) is 41.9 Å². The predicted octanol–water partition coefficient (Wildman–Crippen LogP) is 0.358. The van der Waals surface area contributed by atoms with Crippen LogP contribution in [0, 0.1) is 11.8 Å². The van der Waals surface area contributed by atoms with Gasteiger partial charge in [-0.3, -0.25) is 28.8 Å². The number of hydrogen-bond acceptors (Lipinski definition) is 8. The van der Waals surface area contributed by atoms with E-state index in [0.717, 1.165) is 18.4 Å². The van der Waals surface area contributed by atoms with Gasteiger partial charge in [0.2, 0.25) is 35.4 Å². The van der Waals surface area contributed by atoms with Crippen LogP contribution in [0.25, 0.3) is 0 Å². The zero-order valence-corrected chi connectivity index (χ0v) is 30.3. The van der Waals surface area contributed by atoms with Gasteiger partial charge in [-0.1, -0.05) is 64.4 Å². The van der Waals surface area contributed by atoms with Crippen molar-refractivity contribution < 1.29 is 28.8 Å². The van der Waals surface area contributed by atoms with Gasteiger partial charge in [-0.05, 0) is 56.4 Å². The summed E-state index contributed by atoms with van der Waals surface area (Å²) in [5.41, 5.74) is 7.62. The van der Waals surface area contributed by atoms with Crippen molar-refractivity contribution in [1.29, 1.82) is 0 Å². The molecular weight excluding hydrogens is 654 g/mol. The van der Waals surface area contributed by atoms with Gasteiger partial charge in [0.05, 0.1) is 12.4 Å². The number of nitrogens with zero attached hydrogens (tertiary/aromatic N) is 1. The number of carbonyl (C=O) groups excluding carboxylic acids is 6. The third-order valence-corrected chi connectivity index (χ3v) is 8.98. The Labute approximate surface area is 299 Å². The number of imidazole rings is 1. The summed E-state index contributed by atoms with van der Waals surface area (Å²) in [6.45, 7) is 9.54. The first-order valence-electron chi connectivity index (χ1n) is 17.8. The fourth-order valence-electron chi connectivity index (χ4n) is 5.74. The van der Waals surface area contributed by atoms with Gasteiger partial charge in [0, 0.05) is 24.9 Å². The summed E-state index contributed by atoms with van der Waals surface area (Å²) < 4.78 is 0. The quantitative estimate of drug-likeness (QED) is 0.108. The first-order chi connectivity index (χ1) is 24.3. The number of benzene rings is 1. The minimum atomic E-state index is -1.15. The van der Waals surface area contributed by atoms with E-state index in [2.05, 4.69) is 41.9 Å². The Hall–Kier alpha value is -4.79. The zero-order valence-electron chi connectivity index (χ0n) is 30.3. The summed E-state index contributed by atoms with van der Waals surface area (Å²) in [6, 6.07) is 3.52. The summed E-state index contributed by atoms with van der Waals surface area (Å²) in [5, 5.41) is 16.5. The summed E-state index contributed by atoms with van der Waals surface area (Å²) in [6.07, 6.45) is 6.20. The lowest BCUT2D eigenvalue weighted by molar-refractivity contribution is -0.135. The Bertz CT molecular complexity index is 1450. The van der Waals surface area contributed by atoms with Crippen LogP contribution in [0.2, 0.25) is 0 Å². The summed E-state index contributed by atoms with van der Waals surface area (Å²) in [7, 11) is 0. The van der Waals surface area contributed by atoms with Gasteiger partial charge in [0.25, 0.3) is 0 Å². The Kier molecular flexibility index (Phi) is 16.1. The van der Waals surface area contributed by atoms with E-state index in [1.807, 2.05) is 58.0 Å². The first-order valence-corrected chi connectivity index (χ1v) is 17.8. The van der Waals surface area contributed by atoms with Crippen molar-refractivity contribution in [3.63, 3.8) is 0 Å². The molecule has 15 heteroatoms.